The van der Waals surface area contributed by atoms with Crippen molar-refractivity contribution in [3.8, 4) is 34.4 Å². The van der Waals surface area contributed by atoms with E-state index in [1.165, 1.54) is 0 Å². The zero-order valence-electron chi connectivity index (χ0n) is 19.0. The highest BCUT2D eigenvalue weighted by molar-refractivity contribution is 5.80. The largest absolute Gasteiger partial charge is 0.346 e. The number of hydrogen-bond donors (Lipinski definition) is 1. The number of unbranched alkanes of at least 4 members (excludes halogenated alkanes) is 2. The van der Waals surface area contributed by atoms with Gasteiger partial charge in [-0.25, -0.2) is 14.6 Å². The normalized spacial score (nSPS) is 10.7. The molecule has 168 valence electrons. The van der Waals surface area contributed by atoms with E-state index in [-0.39, 0.29) is 5.69 Å². The summed E-state index contributed by atoms with van der Waals surface area (Å²) in [6, 6.07) is 16.2. The Morgan fingerprint density at radius 1 is 1.03 bits per heavy atom. The van der Waals surface area contributed by atoms with Gasteiger partial charge in [-0.1, -0.05) is 74.2 Å². The van der Waals surface area contributed by atoms with Crippen molar-refractivity contribution in [1.29, 1.82) is 0 Å². The van der Waals surface area contributed by atoms with Crippen LogP contribution >= 0.6 is 0 Å². The molecular formula is C25H27N7O. The van der Waals surface area contributed by atoms with E-state index in [2.05, 4.69) is 56.6 Å². The van der Waals surface area contributed by atoms with Gasteiger partial charge < -0.3 is 0 Å². The number of hydrogen-bond acceptors (Lipinski definition) is 5. The summed E-state index contributed by atoms with van der Waals surface area (Å²) in [5.41, 5.74) is 3.96. The summed E-state index contributed by atoms with van der Waals surface area (Å²) in [7, 11) is 0. The molecule has 4 aromatic rings. The predicted octanol–water partition coefficient (Wildman–Crippen LogP) is 3.70. The fourth-order valence-corrected chi connectivity index (χ4v) is 3.79. The van der Waals surface area contributed by atoms with Gasteiger partial charge in [-0.15, -0.1) is 11.0 Å². The molecule has 2 heterocycles. The van der Waals surface area contributed by atoms with Gasteiger partial charge in [0.25, 0.3) is 0 Å². The lowest BCUT2D eigenvalue weighted by molar-refractivity contribution is 0.530. The molecule has 0 saturated heterocycles. The van der Waals surface area contributed by atoms with Gasteiger partial charge in [-0.3, -0.25) is 4.57 Å². The zero-order chi connectivity index (χ0) is 23.0. The Morgan fingerprint density at radius 3 is 2.52 bits per heavy atom. The standard InChI is InChI=1S/C25H27N7O/c1-3-5-9-17-32-25(33)31(23(28-32)12-6-4-2)18-19-13-15-20(16-14-19)21-10-7-8-11-22(21)24-26-29-30-27-24/h7-8,10-11,13-16H,3,5,9,12,17-18H2,1-2H3,(H,26,27,29,30). The minimum atomic E-state index is -0.0775. The van der Waals surface area contributed by atoms with Gasteiger partial charge in [0.1, 0.15) is 5.82 Å². The van der Waals surface area contributed by atoms with Crippen LogP contribution in [0.15, 0.2) is 53.3 Å². The summed E-state index contributed by atoms with van der Waals surface area (Å²) in [6.07, 6.45) is 3.59. The van der Waals surface area contributed by atoms with E-state index >= 15 is 0 Å². The van der Waals surface area contributed by atoms with Gasteiger partial charge in [0, 0.05) is 12.1 Å². The van der Waals surface area contributed by atoms with Crippen LogP contribution in [0.2, 0.25) is 0 Å². The molecule has 0 radical (unpaired) electrons. The second kappa shape index (κ2) is 10.6. The molecule has 0 bridgehead atoms. The third-order valence-electron chi connectivity index (χ3n) is 5.53. The summed E-state index contributed by atoms with van der Waals surface area (Å²) in [6.45, 7) is 5.04. The number of H-pyrrole nitrogens is 1. The molecule has 0 spiro atoms. The van der Waals surface area contributed by atoms with E-state index in [1.54, 1.807) is 16.2 Å². The maximum atomic E-state index is 13.0. The SMILES string of the molecule is CC#CCc1nn(CCCCC)c(=O)n1Cc1ccc(-c2ccccc2-c2nnn[nH]2)cc1. The van der Waals surface area contributed by atoms with Gasteiger partial charge in [0.2, 0.25) is 0 Å². The second-order valence-electron chi connectivity index (χ2n) is 7.81. The maximum Gasteiger partial charge on any atom is 0.346 e. The molecule has 2 aromatic heterocycles. The molecule has 0 fully saturated rings. The van der Waals surface area contributed by atoms with Crippen molar-refractivity contribution in [1.82, 2.24) is 35.0 Å². The molecule has 33 heavy (non-hydrogen) atoms. The molecule has 0 atom stereocenters. The molecule has 0 saturated carbocycles. The number of rotatable bonds is 9. The summed E-state index contributed by atoms with van der Waals surface area (Å²) >= 11 is 0. The van der Waals surface area contributed by atoms with Gasteiger partial charge in [0.05, 0.1) is 13.0 Å². The van der Waals surface area contributed by atoms with Gasteiger partial charge in [-0.05, 0) is 40.5 Å². The lowest BCUT2D eigenvalue weighted by atomic mass is 9.98. The number of benzene rings is 2. The maximum absolute atomic E-state index is 13.0. The Kier molecular flexibility index (Phi) is 7.10. The first-order chi connectivity index (χ1) is 16.2. The minimum absolute atomic E-state index is 0.0775. The van der Waals surface area contributed by atoms with Crippen LogP contribution in [0.5, 0.6) is 0 Å². The van der Waals surface area contributed by atoms with Crippen molar-refractivity contribution in [2.75, 3.05) is 0 Å². The van der Waals surface area contributed by atoms with E-state index in [0.717, 1.165) is 41.5 Å². The van der Waals surface area contributed by atoms with Gasteiger partial charge >= 0.3 is 5.69 Å². The first kappa shape index (κ1) is 22.2. The summed E-state index contributed by atoms with van der Waals surface area (Å²) in [5, 5.41) is 18.8. The molecule has 0 aliphatic carbocycles. The Morgan fingerprint density at radius 2 is 1.82 bits per heavy atom. The smallest absolute Gasteiger partial charge is 0.274 e. The molecule has 0 amide bonds. The highest BCUT2D eigenvalue weighted by atomic mass is 16.2. The highest BCUT2D eigenvalue weighted by Gasteiger charge is 2.14. The molecule has 1 N–H and O–H groups in total. The molecule has 2 aromatic carbocycles. The highest BCUT2D eigenvalue weighted by Crippen LogP contribution is 2.29. The van der Waals surface area contributed by atoms with Crippen LogP contribution in [0.25, 0.3) is 22.5 Å². The number of aryl methyl sites for hydroxylation is 1. The molecule has 0 aliphatic heterocycles. The molecule has 0 unspecified atom stereocenters. The molecule has 8 nitrogen and oxygen atoms in total. The van der Waals surface area contributed by atoms with Crippen LogP contribution in [0.4, 0.5) is 0 Å². The number of aromatic amines is 1. The van der Waals surface area contributed by atoms with Crippen molar-refractivity contribution < 1.29 is 0 Å². The van der Waals surface area contributed by atoms with Crippen molar-refractivity contribution in [2.45, 2.75) is 52.6 Å². The average molecular weight is 442 g/mol. The fraction of sp³-hybridized carbons (Fsp3) is 0.320. The number of nitrogens with zero attached hydrogens (tertiary/aromatic N) is 6. The van der Waals surface area contributed by atoms with Crippen molar-refractivity contribution in [3.63, 3.8) is 0 Å². The third-order valence-corrected chi connectivity index (χ3v) is 5.53. The first-order valence-electron chi connectivity index (χ1n) is 11.2. The van der Waals surface area contributed by atoms with Gasteiger partial charge in [0.15, 0.2) is 5.82 Å². The number of nitrogens with one attached hydrogen (secondary N) is 1. The summed E-state index contributed by atoms with van der Waals surface area (Å²) in [5.74, 6) is 7.27. The lowest BCUT2D eigenvalue weighted by Crippen LogP contribution is -2.26. The number of aromatic nitrogens is 7. The summed E-state index contributed by atoms with van der Waals surface area (Å²) in [4.78, 5) is 13.0. The van der Waals surface area contributed by atoms with Crippen LogP contribution < -0.4 is 5.69 Å². The number of tetrazole rings is 1. The molecule has 0 aliphatic rings. The van der Waals surface area contributed by atoms with E-state index < -0.39 is 0 Å². The predicted molar refractivity (Wildman–Crippen MR) is 127 cm³/mol. The van der Waals surface area contributed by atoms with Crippen molar-refractivity contribution in [3.05, 3.63) is 70.4 Å². The fourth-order valence-electron chi connectivity index (χ4n) is 3.79. The minimum Gasteiger partial charge on any atom is -0.274 e. The zero-order valence-corrected chi connectivity index (χ0v) is 19.0. The van der Waals surface area contributed by atoms with Crippen molar-refractivity contribution >= 4 is 0 Å². The van der Waals surface area contributed by atoms with Crippen LogP contribution in [0, 0.1) is 11.8 Å². The molecule has 4 rings (SSSR count). The quantitative estimate of drug-likeness (QED) is 0.316. The second-order valence-corrected chi connectivity index (χ2v) is 7.81. The topological polar surface area (TPSA) is 94.3 Å². The van der Waals surface area contributed by atoms with Crippen molar-refractivity contribution in [2.24, 2.45) is 0 Å². The Balaban J connectivity index is 1.60. The first-order valence-corrected chi connectivity index (χ1v) is 11.2. The lowest BCUT2D eigenvalue weighted by Gasteiger charge is -2.09. The monoisotopic (exact) mass is 441 g/mol. The van der Waals surface area contributed by atoms with E-state index in [0.29, 0.717) is 31.2 Å². The van der Waals surface area contributed by atoms with Crippen LogP contribution in [-0.2, 0) is 19.5 Å². The van der Waals surface area contributed by atoms with Gasteiger partial charge in [-0.2, -0.15) is 5.10 Å². The van der Waals surface area contributed by atoms with E-state index in [4.69, 9.17) is 0 Å². The molecular weight excluding hydrogens is 414 g/mol. The van der Waals surface area contributed by atoms with E-state index in [9.17, 15) is 4.79 Å². The van der Waals surface area contributed by atoms with Crippen LogP contribution in [0.1, 0.15) is 44.5 Å². The Hall–Kier alpha value is -3.99. The van der Waals surface area contributed by atoms with E-state index in [1.807, 2.05) is 36.4 Å². The Labute approximate surface area is 192 Å². The Bertz CT molecular complexity index is 1310. The van der Waals surface area contributed by atoms with Crippen LogP contribution in [0.3, 0.4) is 0 Å². The average Bonchev–Trinajstić information content (AvgIpc) is 3.48. The van der Waals surface area contributed by atoms with Crippen LogP contribution in [-0.4, -0.2) is 35.0 Å². The molecule has 8 heteroatoms. The summed E-state index contributed by atoms with van der Waals surface area (Å²) < 4.78 is 3.32. The third kappa shape index (κ3) is 5.09.